The van der Waals surface area contributed by atoms with Gasteiger partial charge in [-0.2, -0.15) is 13.2 Å². The molecule has 0 aliphatic carbocycles. The standard InChI is InChI=1S/C31H27F4N3O5/c1-3-42-27-15-29(43-17-18-4-8-24(41-2)9-5-18)37-16-25(27)19-6-7-20(26(32)12-19)13-28(39)38-23-11-21(30(36)40)10-22(14-23)31(33,34)35/h4-12,14-16H,3,13,17H2,1-2H3,(H2,36,40)(H,38,39). The minimum Gasteiger partial charge on any atom is -0.497 e. The first-order valence-corrected chi connectivity index (χ1v) is 13.0. The first-order valence-electron chi connectivity index (χ1n) is 13.0. The predicted octanol–water partition coefficient (Wildman–Crippen LogP) is 6.17. The lowest BCUT2D eigenvalue weighted by molar-refractivity contribution is -0.137. The van der Waals surface area contributed by atoms with Crippen molar-refractivity contribution in [1.82, 2.24) is 4.98 Å². The van der Waals surface area contributed by atoms with E-state index < -0.39 is 41.4 Å². The summed E-state index contributed by atoms with van der Waals surface area (Å²) in [5.41, 5.74) is 5.02. The third kappa shape index (κ3) is 8.00. The molecule has 2 amide bonds. The normalized spacial score (nSPS) is 11.1. The van der Waals surface area contributed by atoms with Gasteiger partial charge >= 0.3 is 6.18 Å². The molecule has 0 saturated heterocycles. The smallest absolute Gasteiger partial charge is 0.416 e. The van der Waals surface area contributed by atoms with Crippen LogP contribution in [0.25, 0.3) is 11.1 Å². The van der Waals surface area contributed by atoms with E-state index in [1.165, 1.54) is 18.3 Å². The number of methoxy groups -OCH3 is 1. The highest BCUT2D eigenvalue weighted by Crippen LogP contribution is 2.34. The van der Waals surface area contributed by atoms with E-state index in [4.69, 9.17) is 19.9 Å². The Kier molecular flexibility index (Phi) is 9.49. The second-order valence-corrected chi connectivity index (χ2v) is 9.28. The van der Waals surface area contributed by atoms with E-state index in [0.717, 1.165) is 17.4 Å². The zero-order valence-electron chi connectivity index (χ0n) is 23.1. The number of alkyl halides is 3. The van der Waals surface area contributed by atoms with Crippen molar-refractivity contribution < 1.29 is 41.4 Å². The number of anilines is 1. The van der Waals surface area contributed by atoms with Gasteiger partial charge in [0.05, 0.1) is 25.7 Å². The van der Waals surface area contributed by atoms with Crippen LogP contribution >= 0.6 is 0 Å². The van der Waals surface area contributed by atoms with Gasteiger partial charge in [0.1, 0.15) is 23.9 Å². The topological polar surface area (TPSA) is 113 Å². The van der Waals surface area contributed by atoms with Crippen LogP contribution in [0.5, 0.6) is 17.4 Å². The van der Waals surface area contributed by atoms with Crippen molar-refractivity contribution in [3.8, 4) is 28.5 Å². The van der Waals surface area contributed by atoms with Crippen molar-refractivity contribution in [2.24, 2.45) is 5.73 Å². The van der Waals surface area contributed by atoms with Crippen molar-refractivity contribution in [3.05, 3.63) is 101 Å². The Labute approximate surface area is 244 Å². The van der Waals surface area contributed by atoms with Gasteiger partial charge in [-0.15, -0.1) is 0 Å². The van der Waals surface area contributed by atoms with E-state index in [1.807, 2.05) is 24.3 Å². The highest BCUT2D eigenvalue weighted by molar-refractivity contribution is 5.97. The maximum atomic E-state index is 15.1. The third-order valence-corrected chi connectivity index (χ3v) is 6.23. The van der Waals surface area contributed by atoms with Crippen molar-refractivity contribution >= 4 is 17.5 Å². The number of ether oxygens (including phenoxy) is 3. The van der Waals surface area contributed by atoms with Gasteiger partial charge < -0.3 is 25.3 Å². The van der Waals surface area contributed by atoms with Crippen molar-refractivity contribution in [2.45, 2.75) is 26.1 Å². The van der Waals surface area contributed by atoms with E-state index in [2.05, 4.69) is 10.3 Å². The Balaban J connectivity index is 1.48. The summed E-state index contributed by atoms with van der Waals surface area (Å²) in [5.74, 6) is -1.19. The quantitative estimate of drug-likeness (QED) is 0.200. The molecule has 0 unspecified atom stereocenters. The summed E-state index contributed by atoms with van der Waals surface area (Å²) in [6.07, 6.45) is -3.77. The number of aromatic nitrogens is 1. The number of nitrogens with one attached hydrogen (secondary N) is 1. The van der Waals surface area contributed by atoms with Gasteiger partial charge in [0.15, 0.2) is 0 Å². The Morgan fingerprint density at radius 2 is 1.72 bits per heavy atom. The molecule has 4 aromatic rings. The minimum atomic E-state index is -4.77. The third-order valence-electron chi connectivity index (χ3n) is 6.23. The predicted molar refractivity (Wildman–Crippen MR) is 150 cm³/mol. The fourth-order valence-corrected chi connectivity index (χ4v) is 4.11. The molecule has 43 heavy (non-hydrogen) atoms. The molecule has 0 fully saturated rings. The molecule has 0 radical (unpaired) electrons. The number of hydrogen-bond donors (Lipinski definition) is 2. The van der Waals surface area contributed by atoms with E-state index >= 15 is 4.39 Å². The number of amides is 2. The highest BCUT2D eigenvalue weighted by atomic mass is 19.4. The summed E-state index contributed by atoms with van der Waals surface area (Å²) >= 11 is 0. The number of carbonyl (C=O) groups is 2. The van der Waals surface area contributed by atoms with E-state index in [0.29, 0.717) is 41.5 Å². The molecule has 0 saturated carbocycles. The molecule has 0 aliphatic heterocycles. The minimum absolute atomic E-state index is 0.00582. The van der Waals surface area contributed by atoms with Crippen LogP contribution in [0.15, 0.2) is 72.9 Å². The Hall–Kier alpha value is -5.13. The number of rotatable bonds is 11. The molecule has 1 heterocycles. The van der Waals surface area contributed by atoms with Gasteiger partial charge in [-0.3, -0.25) is 9.59 Å². The Morgan fingerprint density at radius 3 is 2.35 bits per heavy atom. The van der Waals surface area contributed by atoms with Gasteiger partial charge in [-0.1, -0.05) is 24.3 Å². The molecule has 0 bridgehead atoms. The summed E-state index contributed by atoms with van der Waals surface area (Å²) in [6, 6.07) is 15.4. The SMILES string of the molecule is CCOc1cc(OCc2ccc(OC)cc2)ncc1-c1ccc(CC(=O)Nc2cc(C(N)=O)cc(C(F)(F)F)c2)c(F)c1. The zero-order valence-corrected chi connectivity index (χ0v) is 23.1. The van der Waals surface area contributed by atoms with Crippen LogP contribution in [0.4, 0.5) is 23.2 Å². The van der Waals surface area contributed by atoms with Gasteiger partial charge in [0.2, 0.25) is 17.7 Å². The lowest BCUT2D eigenvalue weighted by atomic mass is 10.0. The van der Waals surface area contributed by atoms with Crippen LogP contribution in [0.1, 0.15) is 34.0 Å². The second kappa shape index (κ2) is 13.2. The number of carbonyl (C=O) groups excluding carboxylic acids is 2. The number of nitrogens with two attached hydrogens (primary N) is 1. The maximum Gasteiger partial charge on any atom is 0.416 e. The molecule has 3 aromatic carbocycles. The van der Waals surface area contributed by atoms with Crippen LogP contribution in [0.2, 0.25) is 0 Å². The molecule has 4 rings (SSSR count). The lowest BCUT2D eigenvalue weighted by Crippen LogP contribution is -2.18. The molecule has 0 atom stereocenters. The zero-order chi connectivity index (χ0) is 31.1. The number of nitrogens with zero attached hydrogens (tertiary/aromatic N) is 1. The van der Waals surface area contributed by atoms with Crippen molar-refractivity contribution in [3.63, 3.8) is 0 Å². The fraction of sp³-hybridized carbons (Fsp3) is 0.194. The van der Waals surface area contributed by atoms with Crippen LogP contribution in [0.3, 0.4) is 0 Å². The van der Waals surface area contributed by atoms with Crippen LogP contribution in [0, 0.1) is 5.82 Å². The summed E-state index contributed by atoms with van der Waals surface area (Å²) in [4.78, 5) is 28.4. The highest BCUT2D eigenvalue weighted by Gasteiger charge is 2.32. The van der Waals surface area contributed by atoms with Crippen LogP contribution in [-0.2, 0) is 24.0 Å². The number of benzene rings is 3. The van der Waals surface area contributed by atoms with Crippen molar-refractivity contribution in [2.75, 3.05) is 19.0 Å². The van der Waals surface area contributed by atoms with Crippen LogP contribution < -0.4 is 25.3 Å². The molecule has 0 spiro atoms. The fourth-order valence-electron chi connectivity index (χ4n) is 4.11. The molecular formula is C31H27F4N3O5. The van der Waals surface area contributed by atoms with Gasteiger partial charge in [-0.05, 0) is 60.0 Å². The molecule has 1 aromatic heterocycles. The monoisotopic (exact) mass is 597 g/mol. The molecule has 3 N–H and O–H groups in total. The number of pyridine rings is 1. The number of halogens is 4. The first kappa shape index (κ1) is 30.8. The molecule has 8 nitrogen and oxygen atoms in total. The summed E-state index contributed by atoms with van der Waals surface area (Å²) in [7, 11) is 1.58. The van der Waals surface area contributed by atoms with E-state index in [1.54, 1.807) is 26.2 Å². The largest absolute Gasteiger partial charge is 0.497 e. The first-order chi connectivity index (χ1) is 20.5. The molecular weight excluding hydrogens is 570 g/mol. The molecule has 12 heteroatoms. The second-order valence-electron chi connectivity index (χ2n) is 9.28. The molecule has 0 aliphatic rings. The Morgan fingerprint density at radius 1 is 0.977 bits per heavy atom. The lowest BCUT2D eigenvalue weighted by Gasteiger charge is -2.14. The van der Waals surface area contributed by atoms with Crippen molar-refractivity contribution in [1.29, 1.82) is 0 Å². The number of hydrogen-bond acceptors (Lipinski definition) is 6. The maximum absolute atomic E-state index is 15.1. The Bertz CT molecular complexity index is 1630. The summed E-state index contributed by atoms with van der Waals surface area (Å²) in [5, 5.41) is 2.27. The average molecular weight is 598 g/mol. The van der Waals surface area contributed by atoms with Gasteiger partial charge in [0, 0.05) is 29.1 Å². The number of primary amides is 1. The summed E-state index contributed by atoms with van der Waals surface area (Å²) < 4.78 is 71.4. The molecule has 224 valence electrons. The van der Waals surface area contributed by atoms with Gasteiger partial charge in [0.25, 0.3) is 0 Å². The van der Waals surface area contributed by atoms with Gasteiger partial charge in [-0.25, -0.2) is 9.37 Å². The van der Waals surface area contributed by atoms with Crippen LogP contribution in [-0.4, -0.2) is 30.5 Å². The van der Waals surface area contributed by atoms with E-state index in [9.17, 15) is 22.8 Å². The summed E-state index contributed by atoms with van der Waals surface area (Å²) in [6.45, 7) is 2.36. The average Bonchev–Trinajstić information content (AvgIpc) is 2.97. The van der Waals surface area contributed by atoms with E-state index in [-0.39, 0.29) is 17.9 Å².